The van der Waals surface area contributed by atoms with Crippen molar-refractivity contribution in [1.82, 2.24) is 9.55 Å². The van der Waals surface area contributed by atoms with Crippen LogP contribution in [0.3, 0.4) is 0 Å². The molecule has 1 fully saturated rings. The van der Waals surface area contributed by atoms with Crippen molar-refractivity contribution in [3.8, 4) is 0 Å². The number of imidazole rings is 1. The van der Waals surface area contributed by atoms with Gasteiger partial charge in [0.2, 0.25) is 5.91 Å². The Morgan fingerprint density at radius 3 is 2.46 bits per heavy atom. The first kappa shape index (κ1) is 14.7. The fraction of sp³-hybridized carbons (Fsp3) is 0.158. The Bertz CT molecular complexity index is 844. The van der Waals surface area contributed by atoms with Gasteiger partial charge in [-0.1, -0.05) is 42.5 Å². The molecule has 5 nitrogen and oxygen atoms in total. The summed E-state index contributed by atoms with van der Waals surface area (Å²) in [5.41, 5.74) is 2.38. The van der Waals surface area contributed by atoms with Crippen molar-refractivity contribution in [3.05, 3.63) is 84.4 Å². The van der Waals surface area contributed by atoms with E-state index in [9.17, 15) is 4.79 Å². The van der Waals surface area contributed by atoms with Crippen LogP contribution in [0, 0.1) is 0 Å². The molecule has 0 spiro atoms. The molecule has 2 aromatic carbocycles. The Morgan fingerprint density at radius 1 is 1.12 bits per heavy atom. The SMILES string of the molecule is CC(=O)Nc1ccc(C2(c3ccccc3)OC2n2ccnc2)cc1. The lowest BCUT2D eigenvalue weighted by Crippen LogP contribution is -2.14. The minimum absolute atomic E-state index is 0.0838. The van der Waals surface area contributed by atoms with E-state index in [0.29, 0.717) is 0 Å². The second kappa shape index (κ2) is 5.62. The Kier molecular flexibility index (Phi) is 3.43. The molecule has 1 aliphatic heterocycles. The first-order chi connectivity index (χ1) is 11.7. The van der Waals surface area contributed by atoms with Crippen molar-refractivity contribution in [1.29, 1.82) is 0 Å². The Labute approximate surface area is 139 Å². The van der Waals surface area contributed by atoms with Crippen LogP contribution in [0.1, 0.15) is 24.3 Å². The molecule has 24 heavy (non-hydrogen) atoms. The minimum Gasteiger partial charge on any atom is -0.333 e. The van der Waals surface area contributed by atoms with Crippen molar-refractivity contribution >= 4 is 11.6 Å². The van der Waals surface area contributed by atoms with Crippen molar-refractivity contribution in [2.24, 2.45) is 0 Å². The predicted molar refractivity (Wildman–Crippen MR) is 90.3 cm³/mol. The summed E-state index contributed by atoms with van der Waals surface area (Å²) >= 11 is 0. The molecule has 1 amide bonds. The minimum atomic E-state index is -0.531. The Hall–Kier alpha value is -2.92. The van der Waals surface area contributed by atoms with Crippen molar-refractivity contribution < 1.29 is 9.53 Å². The second-order valence-corrected chi connectivity index (χ2v) is 5.84. The van der Waals surface area contributed by atoms with Crippen molar-refractivity contribution in [2.75, 3.05) is 5.32 Å². The summed E-state index contributed by atoms with van der Waals surface area (Å²) in [7, 11) is 0. The van der Waals surface area contributed by atoms with Gasteiger partial charge in [-0.25, -0.2) is 4.98 Å². The zero-order valence-corrected chi connectivity index (χ0v) is 13.2. The van der Waals surface area contributed by atoms with Crippen LogP contribution in [0.5, 0.6) is 0 Å². The first-order valence-electron chi connectivity index (χ1n) is 7.79. The fourth-order valence-corrected chi connectivity index (χ4v) is 3.10. The highest BCUT2D eigenvalue weighted by molar-refractivity contribution is 5.88. The molecule has 3 aromatic rings. The zero-order valence-electron chi connectivity index (χ0n) is 13.2. The van der Waals surface area contributed by atoms with Crippen LogP contribution < -0.4 is 5.32 Å². The summed E-state index contributed by atoms with van der Waals surface area (Å²) in [5, 5.41) is 2.79. The van der Waals surface area contributed by atoms with Gasteiger partial charge in [-0.05, 0) is 23.3 Å². The van der Waals surface area contributed by atoms with E-state index < -0.39 is 5.60 Å². The van der Waals surface area contributed by atoms with Gasteiger partial charge in [-0.15, -0.1) is 0 Å². The maximum Gasteiger partial charge on any atom is 0.221 e. The van der Waals surface area contributed by atoms with Gasteiger partial charge in [0.15, 0.2) is 11.8 Å². The molecule has 2 atom stereocenters. The third-order valence-electron chi connectivity index (χ3n) is 4.22. The molecule has 0 saturated carbocycles. The summed E-state index contributed by atoms with van der Waals surface area (Å²) in [5.74, 6) is -0.0838. The lowest BCUT2D eigenvalue weighted by Gasteiger charge is -2.15. The standard InChI is InChI=1S/C19H17N3O2/c1-14(23)21-17-9-7-16(8-10-17)19(15-5-3-2-4-6-15)18(24-19)22-12-11-20-13-22/h2-13,18H,1H3,(H,21,23). The third-order valence-corrected chi connectivity index (χ3v) is 4.22. The quantitative estimate of drug-likeness (QED) is 0.751. The highest BCUT2D eigenvalue weighted by Crippen LogP contribution is 2.58. The van der Waals surface area contributed by atoms with E-state index in [-0.39, 0.29) is 12.1 Å². The number of benzene rings is 2. The Balaban J connectivity index is 1.74. The van der Waals surface area contributed by atoms with Gasteiger partial charge in [0.1, 0.15) is 0 Å². The molecule has 0 aliphatic carbocycles. The van der Waals surface area contributed by atoms with Gasteiger partial charge in [-0.2, -0.15) is 0 Å². The number of nitrogens with zero attached hydrogens (tertiary/aromatic N) is 2. The summed E-state index contributed by atoms with van der Waals surface area (Å²) in [6, 6.07) is 17.9. The van der Waals surface area contributed by atoms with Crippen LogP contribution in [0.25, 0.3) is 0 Å². The maximum atomic E-state index is 11.2. The largest absolute Gasteiger partial charge is 0.333 e. The number of carbonyl (C=O) groups is 1. The molecule has 4 rings (SSSR count). The highest BCUT2D eigenvalue weighted by atomic mass is 16.6. The van der Waals surface area contributed by atoms with Crippen LogP contribution in [0.2, 0.25) is 0 Å². The molecular formula is C19H17N3O2. The number of epoxide rings is 1. The van der Waals surface area contributed by atoms with Gasteiger partial charge < -0.3 is 14.6 Å². The molecule has 120 valence electrons. The van der Waals surface area contributed by atoms with E-state index in [2.05, 4.69) is 22.4 Å². The predicted octanol–water partition coefficient (Wildman–Crippen LogP) is 3.31. The monoisotopic (exact) mass is 319 g/mol. The van der Waals surface area contributed by atoms with Crippen molar-refractivity contribution in [2.45, 2.75) is 18.8 Å². The number of ether oxygens (including phenoxy) is 1. The van der Waals surface area contributed by atoms with E-state index in [0.717, 1.165) is 16.8 Å². The van der Waals surface area contributed by atoms with Gasteiger partial charge in [0, 0.05) is 25.0 Å². The molecule has 1 aliphatic rings. The van der Waals surface area contributed by atoms with Crippen LogP contribution in [0.15, 0.2) is 73.3 Å². The van der Waals surface area contributed by atoms with Crippen molar-refractivity contribution in [3.63, 3.8) is 0 Å². The molecule has 2 heterocycles. The maximum absolute atomic E-state index is 11.2. The second-order valence-electron chi connectivity index (χ2n) is 5.84. The summed E-state index contributed by atoms with van der Waals surface area (Å²) in [4.78, 5) is 15.3. The number of carbonyl (C=O) groups excluding carboxylic acids is 1. The number of hydrogen-bond donors (Lipinski definition) is 1. The molecule has 0 bridgehead atoms. The van der Waals surface area contributed by atoms with Crippen LogP contribution in [0.4, 0.5) is 5.69 Å². The average molecular weight is 319 g/mol. The van der Waals surface area contributed by atoms with Gasteiger partial charge in [-0.3, -0.25) is 4.79 Å². The van der Waals surface area contributed by atoms with Crippen LogP contribution in [-0.4, -0.2) is 15.5 Å². The summed E-state index contributed by atoms with van der Waals surface area (Å²) in [6.07, 6.45) is 5.29. The third kappa shape index (κ3) is 2.39. The molecular weight excluding hydrogens is 302 g/mol. The van der Waals surface area contributed by atoms with Crippen LogP contribution in [-0.2, 0) is 15.1 Å². The molecule has 2 unspecified atom stereocenters. The van der Waals surface area contributed by atoms with E-state index in [1.54, 1.807) is 12.5 Å². The number of rotatable bonds is 4. The van der Waals surface area contributed by atoms with E-state index in [1.807, 2.05) is 53.2 Å². The van der Waals surface area contributed by atoms with E-state index in [4.69, 9.17) is 4.74 Å². The van der Waals surface area contributed by atoms with E-state index in [1.165, 1.54) is 6.92 Å². The van der Waals surface area contributed by atoms with Gasteiger partial charge >= 0.3 is 0 Å². The zero-order chi connectivity index (χ0) is 16.6. The highest BCUT2D eigenvalue weighted by Gasteiger charge is 2.60. The summed E-state index contributed by atoms with van der Waals surface area (Å²) < 4.78 is 8.14. The summed E-state index contributed by atoms with van der Waals surface area (Å²) in [6.45, 7) is 1.50. The average Bonchev–Trinajstić information content (AvgIpc) is 3.11. The molecule has 1 N–H and O–H groups in total. The molecule has 1 aromatic heterocycles. The van der Waals surface area contributed by atoms with Crippen LogP contribution >= 0.6 is 0 Å². The smallest absolute Gasteiger partial charge is 0.221 e. The Morgan fingerprint density at radius 2 is 1.83 bits per heavy atom. The molecule has 5 heteroatoms. The number of aromatic nitrogens is 2. The topological polar surface area (TPSA) is 59.5 Å². The number of amides is 1. The molecule has 1 saturated heterocycles. The normalized spacial score (nSPS) is 22.1. The van der Waals surface area contributed by atoms with Gasteiger partial charge in [0.25, 0.3) is 0 Å². The van der Waals surface area contributed by atoms with Gasteiger partial charge in [0.05, 0.1) is 6.33 Å². The lowest BCUT2D eigenvalue weighted by molar-refractivity contribution is -0.114. The number of nitrogens with one attached hydrogen (secondary N) is 1. The fourth-order valence-electron chi connectivity index (χ4n) is 3.10. The first-order valence-corrected chi connectivity index (χ1v) is 7.79. The lowest BCUT2D eigenvalue weighted by atomic mass is 9.90. The number of anilines is 1. The molecule has 0 radical (unpaired) electrons. The van der Waals surface area contributed by atoms with E-state index >= 15 is 0 Å². The number of hydrogen-bond acceptors (Lipinski definition) is 3.